The highest BCUT2D eigenvalue weighted by molar-refractivity contribution is 7.80. The van der Waals surface area contributed by atoms with Crippen LogP contribution in [0.25, 0.3) is 0 Å². The first-order valence-electron chi connectivity index (χ1n) is 8.34. The number of thiocarbonyl (C=S) groups is 1. The topological polar surface area (TPSA) is 24.1 Å². The lowest BCUT2D eigenvalue weighted by Crippen LogP contribution is -2.62. The van der Waals surface area contributed by atoms with Gasteiger partial charge in [-0.15, -0.1) is 0 Å². The highest BCUT2D eigenvalue weighted by Gasteiger charge is 2.51. The quantitative estimate of drug-likeness (QED) is 0.756. The van der Waals surface area contributed by atoms with Crippen LogP contribution in [0.4, 0.5) is 0 Å². The van der Waals surface area contributed by atoms with Gasteiger partial charge >= 0.3 is 0 Å². The SMILES string of the molecule is CC(NC(=S)NC12CC3CC(CC(C3)C1)C2)C(C)(C)C. The summed E-state index contributed by atoms with van der Waals surface area (Å²) < 4.78 is 0. The maximum absolute atomic E-state index is 5.61. The number of rotatable bonds is 2. The molecular formula is C17H30N2S. The van der Waals surface area contributed by atoms with Crippen LogP contribution in [0.15, 0.2) is 0 Å². The van der Waals surface area contributed by atoms with Crippen molar-refractivity contribution in [3.05, 3.63) is 0 Å². The molecular weight excluding hydrogens is 264 g/mol. The summed E-state index contributed by atoms with van der Waals surface area (Å²) in [5.41, 5.74) is 0.573. The van der Waals surface area contributed by atoms with Crippen molar-refractivity contribution in [3.63, 3.8) is 0 Å². The molecule has 4 fully saturated rings. The Morgan fingerprint density at radius 1 is 1.05 bits per heavy atom. The van der Waals surface area contributed by atoms with E-state index in [9.17, 15) is 0 Å². The molecule has 3 heteroatoms. The van der Waals surface area contributed by atoms with Gasteiger partial charge in [-0.05, 0) is 80.8 Å². The van der Waals surface area contributed by atoms with Crippen molar-refractivity contribution in [1.29, 1.82) is 0 Å². The van der Waals surface area contributed by atoms with Crippen molar-refractivity contribution in [2.45, 2.75) is 77.8 Å². The highest BCUT2D eigenvalue weighted by atomic mass is 32.1. The summed E-state index contributed by atoms with van der Waals surface area (Å²) in [7, 11) is 0. The van der Waals surface area contributed by atoms with Gasteiger partial charge in [0.15, 0.2) is 5.11 Å². The predicted octanol–water partition coefficient (Wildman–Crippen LogP) is 3.85. The van der Waals surface area contributed by atoms with Crippen molar-refractivity contribution >= 4 is 17.3 Å². The van der Waals surface area contributed by atoms with Crippen molar-refractivity contribution in [3.8, 4) is 0 Å². The fraction of sp³-hybridized carbons (Fsp3) is 0.941. The average molecular weight is 295 g/mol. The van der Waals surface area contributed by atoms with Crippen LogP contribution in [0.5, 0.6) is 0 Å². The van der Waals surface area contributed by atoms with E-state index in [-0.39, 0.29) is 5.41 Å². The number of nitrogens with one attached hydrogen (secondary N) is 2. The molecule has 0 aliphatic heterocycles. The lowest BCUT2D eigenvalue weighted by molar-refractivity contribution is -0.0103. The summed E-state index contributed by atoms with van der Waals surface area (Å²) in [4.78, 5) is 0. The minimum absolute atomic E-state index is 0.243. The molecule has 0 aromatic rings. The molecule has 4 rings (SSSR count). The first-order valence-corrected chi connectivity index (χ1v) is 8.75. The van der Waals surface area contributed by atoms with Crippen molar-refractivity contribution < 1.29 is 0 Å². The van der Waals surface area contributed by atoms with E-state index in [0.29, 0.717) is 11.6 Å². The van der Waals surface area contributed by atoms with Gasteiger partial charge in [-0.3, -0.25) is 0 Å². The van der Waals surface area contributed by atoms with Gasteiger partial charge in [-0.2, -0.15) is 0 Å². The van der Waals surface area contributed by atoms with Gasteiger partial charge in [0.1, 0.15) is 0 Å². The van der Waals surface area contributed by atoms with Gasteiger partial charge < -0.3 is 10.6 Å². The van der Waals surface area contributed by atoms with Crippen LogP contribution in [-0.4, -0.2) is 16.7 Å². The molecule has 20 heavy (non-hydrogen) atoms. The summed E-state index contributed by atoms with van der Waals surface area (Å²) >= 11 is 5.61. The Hall–Kier alpha value is -0.310. The summed E-state index contributed by atoms with van der Waals surface area (Å²) in [6.45, 7) is 9.02. The lowest BCUT2D eigenvalue weighted by Gasteiger charge is -2.57. The summed E-state index contributed by atoms with van der Waals surface area (Å²) in [5.74, 6) is 2.91. The largest absolute Gasteiger partial charge is 0.360 e. The molecule has 0 saturated heterocycles. The maximum atomic E-state index is 5.61. The third kappa shape index (κ3) is 2.84. The molecule has 0 radical (unpaired) electrons. The molecule has 0 aromatic carbocycles. The van der Waals surface area contributed by atoms with Crippen LogP contribution in [0.3, 0.4) is 0 Å². The van der Waals surface area contributed by atoms with Crippen LogP contribution >= 0.6 is 12.2 Å². The monoisotopic (exact) mass is 294 g/mol. The molecule has 4 aliphatic carbocycles. The van der Waals surface area contributed by atoms with Gasteiger partial charge in [0.25, 0.3) is 0 Å². The van der Waals surface area contributed by atoms with Crippen LogP contribution < -0.4 is 10.6 Å². The number of hydrogen-bond acceptors (Lipinski definition) is 1. The normalized spacial score (nSPS) is 40.5. The molecule has 0 heterocycles. The second-order valence-corrected chi connectivity index (χ2v) is 9.29. The Kier molecular flexibility index (Phi) is 3.55. The zero-order chi connectivity index (χ0) is 14.5. The molecule has 114 valence electrons. The van der Waals surface area contributed by atoms with E-state index in [1.807, 2.05) is 0 Å². The molecule has 0 spiro atoms. The maximum Gasteiger partial charge on any atom is 0.166 e. The molecule has 1 atom stereocenters. The Balaban J connectivity index is 1.61. The minimum Gasteiger partial charge on any atom is -0.360 e. The smallest absolute Gasteiger partial charge is 0.166 e. The first kappa shape index (κ1) is 14.6. The average Bonchev–Trinajstić information content (AvgIpc) is 2.23. The Bertz CT molecular complexity index is 361. The van der Waals surface area contributed by atoms with Gasteiger partial charge in [0, 0.05) is 11.6 Å². The second kappa shape index (κ2) is 4.86. The Morgan fingerprint density at radius 2 is 1.50 bits per heavy atom. The zero-order valence-corrected chi connectivity index (χ0v) is 14.3. The van der Waals surface area contributed by atoms with E-state index in [4.69, 9.17) is 12.2 Å². The van der Waals surface area contributed by atoms with Crippen LogP contribution in [0.1, 0.15) is 66.2 Å². The van der Waals surface area contributed by atoms with Crippen molar-refractivity contribution in [2.75, 3.05) is 0 Å². The van der Waals surface area contributed by atoms with E-state index in [1.165, 1.54) is 38.5 Å². The molecule has 2 N–H and O–H groups in total. The van der Waals surface area contributed by atoms with Crippen molar-refractivity contribution in [2.24, 2.45) is 23.2 Å². The first-order chi connectivity index (χ1) is 9.26. The molecule has 4 saturated carbocycles. The van der Waals surface area contributed by atoms with Gasteiger partial charge in [0.2, 0.25) is 0 Å². The fourth-order valence-corrected chi connectivity index (χ4v) is 5.35. The van der Waals surface area contributed by atoms with E-state index in [0.717, 1.165) is 22.9 Å². The Labute approximate surface area is 129 Å². The molecule has 0 aromatic heterocycles. The standard InChI is InChI=1S/C17H30N2S/c1-11(16(2,3)4)18-15(20)19-17-8-12-5-13(9-17)7-14(6-12)10-17/h11-14H,5-10H2,1-4H3,(H2,18,19,20). The third-order valence-electron chi connectivity index (χ3n) is 6.06. The number of hydrogen-bond donors (Lipinski definition) is 2. The van der Waals surface area contributed by atoms with Gasteiger partial charge in [-0.25, -0.2) is 0 Å². The predicted molar refractivity (Wildman–Crippen MR) is 88.7 cm³/mol. The molecule has 2 nitrogen and oxygen atoms in total. The summed E-state index contributed by atoms with van der Waals surface area (Å²) in [5, 5.41) is 8.15. The molecule has 0 amide bonds. The summed E-state index contributed by atoms with van der Waals surface area (Å²) in [6, 6.07) is 0.399. The minimum atomic E-state index is 0.243. The Morgan fingerprint density at radius 3 is 1.90 bits per heavy atom. The van der Waals surface area contributed by atoms with Gasteiger partial charge in [0.05, 0.1) is 0 Å². The second-order valence-electron chi connectivity index (χ2n) is 8.88. The van der Waals surface area contributed by atoms with Crippen LogP contribution in [0, 0.1) is 23.2 Å². The van der Waals surface area contributed by atoms with Crippen molar-refractivity contribution in [1.82, 2.24) is 10.6 Å². The van der Waals surface area contributed by atoms with E-state index in [1.54, 1.807) is 0 Å². The van der Waals surface area contributed by atoms with E-state index in [2.05, 4.69) is 38.3 Å². The van der Waals surface area contributed by atoms with Crippen LogP contribution in [0.2, 0.25) is 0 Å². The molecule has 4 bridgehead atoms. The zero-order valence-electron chi connectivity index (χ0n) is 13.5. The van der Waals surface area contributed by atoms with E-state index < -0.39 is 0 Å². The molecule has 1 unspecified atom stereocenters. The van der Waals surface area contributed by atoms with Gasteiger partial charge in [-0.1, -0.05) is 20.8 Å². The van der Waals surface area contributed by atoms with E-state index >= 15 is 0 Å². The fourth-order valence-electron chi connectivity index (χ4n) is 4.95. The van der Waals surface area contributed by atoms with Crippen LogP contribution in [-0.2, 0) is 0 Å². The highest BCUT2D eigenvalue weighted by Crippen LogP contribution is 2.55. The lowest BCUT2D eigenvalue weighted by atomic mass is 9.53. The third-order valence-corrected chi connectivity index (χ3v) is 6.28. The molecule has 4 aliphatic rings. The summed E-state index contributed by atoms with van der Waals surface area (Å²) in [6.07, 6.45) is 8.51.